The number of carbonyl (C=O) groups is 2. The van der Waals surface area contributed by atoms with Gasteiger partial charge in [0.05, 0.1) is 6.04 Å². The molecule has 12 heavy (non-hydrogen) atoms. The van der Waals surface area contributed by atoms with E-state index in [1.807, 2.05) is 6.92 Å². The van der Waals surface area contributed by atoms with Crippen LogP contribution in [0.3, 0.4) is 0 Å². The number of hydrogen-bond donors (Lipinski definition) is 2. The molecule has 0 rings (SSSR count). The highest BCUT2D eigenvalue weighted by atomic mass is 16.2. The van der Waals surface area contributed by atoms with Gasteiger partial charge < -0.3 is 15.4 Å². The Morgan fingerprint density at radius 1 is 1.58 bits per heavy atom. The van der Waals surface area contributed by atoms with E-state index in [0.29, 0.717) is 6.42 Å². The summed E-state index contributed by atoms with van der Waals surface area (Å²) in [5.41, 5.74) is 0. The van der Waals surface area contributed by atoms with E-state index >= 15 is 0 Å². The van der Waals surface area contributed by atoms with E-state index in [9.17, 15) is 9.59 Å². The van der Waals surface area contributed by atoms with Crippen LogP contribution < -0.4 is 10.6 Å². The lowest BCUT2D eigenvalue weighted by molar-refractivity contribution is -0.109. The SMILES string of the molecule is CCCCC(C=O)NC(=O)NC. The molecule has 0 saturated carbocycles. The normalized spacial score (nSPS) is 11.8. The smallest absolute Gasteiger partial charge is 0.315 e. The van der Waals surface area contributed by atoms with Crippen LogP contribution in [0.1, 0.15) is 26.2 Å². The van der Waals surface area contributed by atoms with Crippen LogP contribution >= 0.6 is 0 Å². The summed E-state index contributed by atoms with van der Waals surface area (Å²) in [5, 5.41) is 4.93. The van der Waals surface area contributed by atoms with Gasteiger partial charge in [-0.3, -0.25) is 0 Å². The summed E-state index contributed by atoms with van der Waals surface area (Å²) in [6.45, 7) is 2.04. The minimum Gasteiger partial charge on any atom is -0.341 e. The Bertz CT molecular complexity index is 148. The highest BCUT2D eigenvalue weighted by molar-refractivity contribution is 5.77. The molecule has 2 N–H and O–H groups in total. The summed E-state index contributed by atoms with van der Waals surface area (Å²) in [6, 6.07) is -0.645. The van der Waals surface area contributed by atoms with Crippen LogP contribution in [0, 0.1) is 0 Å². The van der Waals surface area contributed by atoms with Crippen molar-refractivity contribution in [2.45, 2.75) is 32.2 Å². The number of nitrogens with one attached hydrogen (secondary N) is 2. The lowest BCUT2D eigenvalue weighted by Gasteiger charge is -2.10. The molecule has 0 aliphatic heterocycles. The highest BCUT2D eigenvalue weighted by Crippen LogP contribution is 1.97. The summed E-state index contributed by atoms with van der Waals surface area (Å²) in [7, 11) is 1.52. The van der Waals surface area contributed by atoms with Gasteiger partial charge in [0, 0.05) is 7.05 Å². The van der Waals surface area contributed by atoms with Crippen molar-refractivity contribution in [3.63, 3.8) is 0 Å². The molecule has 4 heteroatoms. The fraction of sp³-hybridized carbons (Fsp3) is 0.750. The van der Waals surface area contributed by atoms with Gasteiger partial charge in [-0.2, -0.15) is 0 Å². The van der Waals surface area contributed by atoms with Gasteiger partial charge in [-0.15, -0.1) is 0 Å². The van der Waals surface area contributed by atoms with Crippen LogP contribution in [-0.2, 0) is 4.79 Å². The van der Waals surface area contributed by atoms with E-state index in [1.165, 1.54) is 7.05 Å². The number of carbonyl (C=O) groups excluding carboxylic acids is 2. The maximum atomic E-state index is 10.8. The molecule has 0 radical (unpaired) electrons. The Morgan fingerprint density at radius 2 is 2.25 bits per heavy atom. The van der Waals surface area contributed by atoms with Gasteiger partial charge in [-0.1, -0.05) is 19.8 Å². The average Bonchev–Trinajstić information content (AvgIpc) is 2.11. The van der Waals surface area contributed by atoms with Crippen molar-refractivity contribution in [1.29, 1.82) is 0 Å². The Balaban J connectivity index is 3.66. The second-order valence-corrected chi connectivity index (χ2v) is 2.61. The first-order valence-electron chi connectivity index (χ1n) is 4.18. The van der Waals surface area contributed by atoms with Crippen molar-refractivity contribution >= 4 is 12.3 Å². The van der Waals surface area contributed by atoms with Crippen molar-refractivity contribution in [3.8, 4) is 0 Å². The zero-order chi connectivity index (χ0) is 9.40. The maximum absolute atomic E-state index is 10.8. The number of urea groups is 1. The minimum atomic E-state index is -0.343. The number of unbranched alkanes of at least 4 members (excludes halogenated alkanes) is 1. The lowest BCUT2D eigenvalue weighted by Crippen LogP contribution is -2.41. The van der Waals surface area contributed by atoms with Gasteiger partial charge in [0.1, 0.15) is 6.29 Å². The second kappa shape index (κ2) is 6.64. The zero-order valence-corrected chi connectivity index (χ0v) is 7.59. The Kier molecular flexibility index (Phi) is 6.05. The third-order valence-electron chi connectivity index (χ3n) is 1.58. The molecule has 0 heterocycles. The predicted octanol–water partition coefficient (Wildman–Crippen LogP) is 0.673. The molecule has 1 unspecified atom stereocenters. The molecule has 70 valence electrons. The Morgan fingerprint density at radius 3 is 2.67 bits per heavy atom. The van der Waals surface area contributed by atoms with E-state index < -0.39 is 0 Å². The molecular formula is C8H16N2O2. The average molecular weight is 172 g/mol. The molecule has 4 nitrogen and oxygen atoms in total. The van der Waals surface area contributed by atoms with Crippen LogP contribution in [0.25, 0.3) is 0 Å². The molecule has 0 aliphatic rings. The molecule has 0 aromatic heterocycles. The lowest BCUT2D eigenvalue weighted by atomic mass is 10.1. The standard InChI is InChI=1S/C8H16N2O2/c1-3-4-5-7(6-11)10-8(12)9-2/h6-7H,3-5H2,1-2H3,(H2,9,10,12). The number of rotatable bonds is 5. The summed E-state index contributed by atoms with van der Waals surface area (Å²) in [5.74, 6) is 0. The van der Waals surface area contributed by atoms with Crippen LogP contribution in [0.15, 0.2) is 0 Å². The summed E-state index contributed by atoms with van der Waals surface area (Å²) in [6.07, 6.45) is 3.46. The van der Waals surface area contributed by atoms with Crippen molar-refractivity contribution < 1.29 is 9.59 Å². The minimum absolute atomic E-state index is 0.303. The fourth-order valence-corrected chi connectivity index (χ4v) is 0.839. The molecule has 0 aromatic rings. The van der Waals surface area contributed by atoms with Gasteiger partial charge in [-0.25, -0.2) is 4.79 Å². The predicted molar refractivity (Wildman–Crippen MR) is 47.0 cm³/mol. The van der Waals surface area contributed by atoms with Crippen molar-refractivity contribution in [1.82, 2.24) is 10.6 Å². The van der Waals surface area contributed by atoms with Crippen LogP contribution in [-0.4, -0.2) is 25.4 Å². The number of amides is 2. The number of hydrogen-bond acceptors (Lipinski definition) is 2. The molecule has 1 atom stereocenters. The van der Waals surface area contributed by atoms with E-state index in [1.54, 1.807) is 0 Å². The van der Waals surface area contributed by atoms with Crippen LogP contribution in [0.5, 0.6) is 0 Å². The van der Waals surface area contributed by atoms with E-state index in [2.05, 4.69) is 10.6 Å². The van der Waals surface area contributed by atoms with E-state index in [-0.39, 0.29) is 12.1 Å². The Hall–Kier alpha value is -1.06. The maximum Gasteiger partial charge on any atom is 0.315 e. The molecule has 0 fully saturated rings. The largest absolute Gasteiger partial charge is 0.341 e. The van der Waals surface area contributed by atoms with Crippen molar-refractivity contribution in [2.24, 2.45) is 0 Å². The molecule has 0 aromatic carbocycles. The van der Waals surface area contributed by atoms with Crippen LogP contribution in [0.4, 0.5) is 4.79 Å². The quantitative estimate of drug-likeness (QED) is 0.599. The third kappa shape index (κ3) is 4.71. The molecule has 2 amide bonds. The van der Waals surface area contributed by atoms with E-state index in [4.69, 9.17) is 0 Å². The summed E-state index contributed by atoms with van der Waals surface area (Å²) >= 11 is 0. The molecule has 0 bridgehead atoms. The summed E-state index contributed by atoms with van der Waals surface area (Å²) < 4.78 is 0. The van der Waals surface area contributed by atoms with Gasteiger partial charge in [0.2, 0.25) is 0 Å². The van der Waals surface area contributed by atoms with Crippen molar-refractivity contribution in [2.75, 3.05) is 7.05 Å². The van der Waals surface area contributed by atoms with E-state index in [0.717, 1.165) is 19.1 Å². The first-order valence-corrected chi connectivity index (χ1v) is 4.18. The highest BCUT2D eigenvalue weighted by Gasteiger charge is 2.08. The van der Waals surface area contributed by atoms with Gasteiger partial charge in [0.25, 0.3) is 0 Å². The molecular weight excluding hydrogens is 156 g/mol. The first kappa shape index (κ1) is 10.9. The Labute approximate surface area is 72.7 Å². The molecule has 0 spiro atoms. The second-order valence-electron chi connectivity index (χ2n) is 2.61. The zero-order valence-electron chi connectivity index (χ0n) is 7.59. The fourth-order valence-electron chi connectivity index (χ4n) is 0.839. The monoisotopic (exact) mass is 172 g/mol. The topological polar surface area (TPSA) is 58.2 Å². The third-order valence-corrected chi connectivity index (χ3v) is 1.58. The van der Waals surface area contributed by atoms with Gasteiger partial charge in [0.15, 0.2) is 0 Å². The van der Waals surface area contributed by atoms with Gasteiger partial charge >= 0.3 is 6.03 Å². The van der Waals surface area contributed by atoms with Gasteiger partial charge in [-0.05, 0) is 6.42 Å². The van der Waals surface area contributed by atoms with Crippen LogP contribution in [0.2, 0.25) is 0 Å². The molecule has 0 aliphatic carbocycles. The van der Waals surface area contributed by atoms with Crippen molar-refractivity contribution in [3.05, 3.63) is 0 Å². The first-order chi connectivity index (χ1) is 5.74. The molecule has 0 saturated heterocycles. The summed E-state index contributed by atoms with van der Waals surface area (Å²) in [4.78, 5) is 21.2. The number of aldehydes is 1.